The van der Waals surface area contributed by atoms with Crippen molar-refractivity contribution < 1.29 is 19.5 Å². The van der Waals surface area contributed by atoms with Crippen molar-refractivity contribution in [3.05, 3.63) is 34.9 Å². The Hall–Kier alpha value is -2.08. The summed E-state index contributed by atoms with van der Waals surface area (Å²) in [6.45, 7) is 1.31. The van der Waals surface area contributed by atoms with Crippen LogP contribution in [0.5, 0.6) is 0 Å². The van der Waals surface area contributed by atoms with Gasteiger partial charge in [-0.3, -0.25) is 14.4 Å². The SMILES string of the molecule is C[C@H](C(=O)O)C(=O)N[C@H]1CC(=O)N(C)[C@@H]1c1ccc(Cl)cc1. The fourth-order valence-corrected chi connectivity index (χ4v) is 2.66. The van der Waals surface area contributed by atoms with Gasteiger partial charge in [-0.1, -0.05) is 23.7 Å². The molecule has 1 aromatic carbocycles. The Bertz CT molecular complexity index is 602. The van der Waals surface area contributed by atoms with Crippen molar-refractivity contribution >= 4 is 29.4 Å². The van der Waals surface area contributed by atoms with E-state index in [-0.39, 0.29) is 18.4 Å². The topological polar surface area (TPSA) is 86.7 Å². The number of nitrogens with zero attached hydrogens (tertiary/aromatic N) is 1. The third-order valence-corrected chi connectivity index (χ3v) is 4.14. The lowest BCUT2D eigenvalue weighted by atomic mass is 9.99. The largest absolute Gasteiger partial charge is 0.481 e. The minimum Gasteiger partial charge on any atom is -0.481 e. The van der Waals surface area contributed by atoms with E-state index in [2.05, 4.69) is 5.32 Å². The lowest BCUT2D eigenvalue weighted by molar-refractivity contribution is -0.146. The van der Waals surface area contributed by atoms with Crippen LogP contribution in [0, 0.1) is 5.92 Å². The first kappa shape index (κ1) is 16.3. The first-order valence-corrected chi connectivity index (χ1v) is 7.23. The lowest BCUT2D eigenvalue weighted by Crippen LogP contribution is -2.43. The van der Waals surface area contributed by atoms with Gasteiger partial charge in [0.15, 0.2) is 0 Å². The smallest absolute Gasteiger partial charge is 0.315 e. The molecule has 1 aliphatic rings. The van der Waals surface area contributed by atoms with Gasteiger partial charge in [0.05, 0.1) is 12.1 Å². The Morgan fingerprint density at radius 2 is 1.95 bits per heavy atom. The monoisotopic (exact) mass is 324 g/mol. The van der Waals surface area contributed by atoms with Crippen molar-refractivity contribution in [1.29, 1.82) is 0 Å². The molecule has 1 aromatic rings. The zero-order chi connectivity index (χ0) is 16.4. The number of carbonyl (C=O) groups excluding carboxylic acids is 2. The maximum atomic E-state index is 12.0. The van der Waals surface area contributed by atoms with E-state index in [0.29, 0.717) is 5.02 Å². The van der Waals surface area contributed by atoms with Gasteiger partial charge in [-0.25, -0.2) is 0 Å². The molecule has 0 saturated carbocycles. The van der Waals surface area contributed by atoms with Crippen LogP contribution in [0.15, 0.2) is 24.3 Å². The highest BCUT2D eigenvalue weighted by molar-refractivity contribution is 6.30. The summed E-state index contributed by atoms with van der Waals surface area (Å²) in [6.07, 6.45) is 0.141. The molecule has 6 nitrogen and oxygen atoms in total. The van der Waals surface area contributed by atoms with Crippen molar-refractivity contribution in [2.24, 2.45) is 5.92 Å². The Morgan fingerprint density at radius 3 is 2.50 bits per heavy atom. The minimum absolute atomic E-state index is 0.103. The number of nitrogens with one attached hydrogen (secondary N) is 1. The first-order chi connectivity index (χ1) is 10.3. The van der Waals surface area contributed by atoms with E-state index in [1.165, 1.54) is 6.92 Å². The first-order valence-electron chi connectivity index (χ1n) is 6.85. The molecule has 0 unspecified atom stereocenters. The third-order valence-electron chi connectivity index (χ3n) is 3.89. The van der Waals surface area contributed by atoms with E-state index in [1.54, 1.807) is 36.2 Å². The van der Waals surface area contributed by atoms with Crippen LogP contribution in [0.4, 0.5) is 0 Å². The molecule has 1 aliphatic heterocycles. The molecule has 118 valence electrons. The molecule has 1 saturated heterocycles. The summed E-state index contributed by atoms with van der Waals surface area (Å²) in [5.74, 6) is -3.06. The molecule has 3 atom stereocenters. The van der Waals surface area contributed by atoms with Crippen LogP contribution in [0.3, 0.4) is 0 Å². The van der Waals surface area contributed by atoms with Crippen LogP contribution in [0.1, 0.15) is 24.9 Å². The van der Waals surface area contributed by atoms with Gasteiger partial charge >= 0.3 is 5.97 Å². The number of amides is 2. The Balaban J connectivity index is 2.21. The standard InChI is InChI=1S/C15H17ClN2O4/c1-8(15(21)22)14(20)17-11-7-12(19)18(2)13(11)9-3-5-10(16)6-4-9/h3-6,8,11,13H,7H2,1-2H3,(H,17,20)(H,21,22)/t8-,11-,13+/m0/s1. The molecule has 0 bridgehead atoms. The normalized spacial score (nSPS) is 22.5. The second-order valence-corrected chi connectivity index (χ2v) is 5.82. The molecule has 22 heavy (non-hydrogen) atoms. The zero-order valence-corrected chi connectivity index (χ0v) is 13.0. The van der Waals surface area contributed by atoms with Crippen LogP contribution < -0.4 is 5.32 Å². The van der Waals surface area contributed by atoms with E-state index >= 15 is 0 Å². The summed E-state index contributed by atoms with van der Waals surface area (Å²) in [5.41, 5.74) is 0.839. The Labute approximate surface area is 133 Å². The average molecular weight is 325 g/mol. The summed E-state index contributed by atoms with van der Waals surface area (Å²) in [4.78, 5) is 36.3. The highest BCUT2D eigenvalue weighted by atomic mass is 35.5. The van der Waals surface area contributed by atoms with E-state index < -0.39 is 23.8 Å². The highest BCUT2D eigenvalue weighted by Gasteiger charge is 2.40. The zero-order valence-electron chi connectivity index (χ0n) is 12.2. The Kier molecular flexibility index (Phi) is 4.71. The molecule has 0 aliphatic carbocycles. The van der Waals surface area contributed by atoms with Crippen molar-refractivity contribution in [2.45, 2.75) is 25.4 Å². The predicted octanol–water partition coefficient (Wildman–Crippen LogP) is 1.45. The average Bonchev–Trinajstić information content (AvgIpc) is 2.74. The maximum Gasteiger partial charge on any atom is 0.315 e. The molecule has 0 aromatic heterocycles. The fourth-order valence-electron chi connectivity index (χ4n) is 2.53. The number of halogens is 1. The number of rotatable bonds is 4. The predicted molar refractivity (Wildman–Crippen MR) is 80.3 cm³/mol. The molecule has 2 N–H and O–H groups in total. The molecule has 1 heterocycles. The lowest BCUT2D eigenvalue weighted by Gasteiger charge is -2.26. The second-order valence-electron chi connectivity index (χ2n) is 5.38. The molecule has 2 rings (SSSR count). The molecule has 1 fully saturated rings. The van der Waals surface area contributed by atoms with Gasteiger partial charge in [0, 0.05) is 18.5 Å². The van der Waals surface area contributed by atoms with Gasteiger partial charge < -0.3 is 15.3 Å². The van der Waals surface area contributed by atoms with Gasteiger partial charge in [-0.05, 0) is 24.6 Å². The summed E-state index contributed by atoms with van der Waals surface area (Å²) in [5, 5.41) is 12.1. The van der Waals surface area contributed by atoms with Crippen LogP contribution >= 0.6 is 11.6 Å². The molecule has 0 radical (unpaired) electrons. The number of likely N-dealkylation sites (N-methyl/N-ethyl adjacent to an activating group) is 1. The van der Waals surface area contributed by atoms with Crippen molar-refractivity contribution in [3.63, 3.8) is 0 Å². The summed E-state index contributed by atoms with van der Waals surface area (Å²) >= 11 is 5.86. The number of hydrogen-bond acceptors (Lipinski definition) is 3. The molecule has 0 spiro atoms. The third kappa shape index (κ3) is 3.22. The number of carboxylic acid groups (broad SMARTS) is 1. The van der Waals surface area contributed by atoms with Crippen LogP contribution in [-0.2, 0) is 14.4 Å². The number of carbonyl (C=O) groups is 3. The number of carboxylic acids is 1. The number of benzene rings is 1. The summed E-state index contributed by atoms with van der Waals surface area (Å²) in [7, 11) is 1.66. The van der Waals surface area contributed by atoms with Crippen molar-refractivity contribution in [1.82, 2.24) is 10.2 Å². The van der Waals surface area contributed by atoms with Crippen molar-refractivity contribution in [2.75, 3.05) is 7.05 Å². The summed E-state index contributed by atoms with van der Waals surface area (Å²) < 4.78 is 0. The number of aliphatic carboxylic acids is 1. The number of hydrogen-bond donors (Lipinski definition) is 2. The molecular formula is C15H17ClN2O4. The second kappa shape index (κ2) is 6.36. The maximum absolute atomic E-state index is 12.0. The van der Waals surface area contributed by atoms with Crippen molar-refractivity contribution in [3.8, 4) is 0 Å². The molecule has 2 amide bonds. The van der Waals surface area contributed by atoms with Crippen LogP contribution in [0.25, 0.3) is 0 Å². The molecule has 7 heteroatoms. The Morgan fingerprint density at radius 1 is 1.36 bits per heavy atom. The highest BCUT2D eigenvalue weighted by Crippen LogP contribution is 2.32. The van der Waals surface area contributed by atoms with E-state index in [0.717, 1.165) is 5.56 Å². The molecular weight excluding hydrogens is 308 g/mol. The van der Waals surface area contributed by atoms with E-state index in [1.807, 2.05) is 0 Å². The van der Waals surface area contributed by atoms with Gasteiger partial charge in [0.1, 0.15) is 5.92 Å². The number of likely N-dealkylation sites (tertiary alicyclic amines) is 1. The minimum atomic E-state index is -1.20. The van der Waals surface area contributed by atoms with Gasteiger partial charge in [-0.15, -0.1) is 0 Å². The van der Waals surface area contributed by atoms with E-state index in [9.17, 15) is 14.4 Å². The van der Waals surface area contributed by atoms with Crippen LogP contribution in [-0.4, -0.2) is 40.9 Å². The van der Waals surface area contributed by atoms with E-state index in [4.69, 9.17) is 16.7 Å². The van der Waals surface area contributed by atoms with Gasteiger partial charge in [0.25, 0.3) is 0 Å². The summed E-state index contributed by atoms with van der Waals surface area (Å²) in [6, 6.07) is 6.21. The van der Waals surface area contributed by atoms with Crippen LogP contribution in [0.2, 0.25) is 5.02 Å². The fraction of sp³-hybridized carbons (Fsp3) is 0.400. The van der Waals surface area contributed by atoms with Gasteiger partial charge in [-0.2, -0.15) is 0 Å². The quantitative estimate of drug-likeness (QED) is 0.821. The van der Waals surface area contributed by atoms with Gasteiger partial charge in [0.2, 0.25) is 11.8 Å².